The van der Waals surface area contributed by atoms with Crippen LogP contribution in [0.5, 0.6) is 11.5 Å². The van der Waals surface area contributed by atoms with E-state index >= 15 is 0 Å². The maximum atomic E-state index is 13.2. The minimum Gasteiger partial charge on any atom is -0.507 e. The molecular weight excluding hydrogens is 446 g/mol. The number of likely N-dealkylation sites (tertiary alicyclic amines) is 1. The van der Waals surface area contributed by atoms with E-state index in [2.05, 4.69) is 20.8 Å². The SMILES string of the molecule is CCOc1cccc(C2/C(=C(\O)c3ccc(OCC)c(C(C)(C)C)c3)C(=O)C(=O)N2CCOC)c1. The zero-order valence-corrected chi connectivity index (χ0v) is 21.4. The Labute approximate surface area is 207 Å². The average Bonchev–Trinajstić information content (AvgIpc) is 3.07. The third-order valence-corrected chi connectivity index (χ3v) is 5.92. The van der Waals surface area contributed by atoms with Crippen molar-refractivity contribution in [3.05, 3.63) is 64.7 Å². The second kappa shape index (κ2) is 11.0. The van der Waals surface area contributed by atoms with Gasteiger partial charge in [-0.15, -0.1) is 0 Å². The van der Waals surface area contributed by atoms with Crippen molar-refractivity contribution in [1.29, 1.82) is 0 Å². The third-order valence-electron chi connectivity index (χ3n) is 5.92. The molecule has 3 rings (SSSR count). The first-order valence-corrected chi connectivity index (χ1v) is 11.9. The first kappa shape index (κ1) is 26.3. The lowest BCUT2D eigenvalue weighted by atomic mass is 9.84. The van der Waals surface area contributed by atoms with Crippen LogP contribution < -0.4 is 9.47 Å². The number of benzene rings is 2. The molecule has 1 atom stereocenters. The molecule has 0 bridgehead atoms. The second-order valence-corrected chi connectivity index (χ2v) is 9.38. The lowest BCUT2D eigenvalue weighted by molar-refractivity contribution is -0.140. The largest absolute Gasteiger partial charge is 0.507 e. The van der Waals surface area contributed by atoms with Gasteiger partial charge in [-0.2, -0.15) is 0 Å². The number of carbonyl (C=O) groups is 2. The van der Waals surface area contributed by atoms with Crippen molar-refractivity contribution in [2.75, 3.05) is 33.5 Å². The number of amides is 1. The summed E-state index contributed by atoms with van der Waals surface area (Å²) in [4.78, 5) is 27.7. The van der Waals surface area contributed by atoms with Crippen LogP contribution in [0.2, 0.25) is 0 Å². The van der Waals surface area contributed by atoms with Gasteiger partial charge in [0, 0.05) is 24.8 Å². The molecule has 0 radical (unpaired) electrons. The van der Waals surface area contributed by atoms with Crippen molar-refractivity contribution in [3.8, 4) is 11.5 Å². The van der Waals surface area contributed by atoms with Gasteiger partial charge in [-0.3, -0.25) is 9.59 Å². The summed E-state index contributed by atoms with van der Waals surface area (Å²) in [5.41, 5.74) is 1.80. The molecule has 2 aromatic carbocycles. The Hall–Kier alpha value is -3.32. The molecule has 0 spiro atoms. The highest BCUT2D eigenvalue weighted by molar-refractivity contribution is 6.46. The van der Waals surface area contributed by atoms with Gasteiger partial charge in [-0.25, -0.2) is 0 Å². The van der Waals surface area contributed by atoms with Gasteiger partial charge in [0.05, 0.1) is 31.4 Å². The first-order chi connectivity index (χ1) is 16.6. The number of ether oxygens (including phenoxy) is 3. The van der Waals surface area contributed by atoms with Crippen LogP contribution in [0.25, 0.3) is 5.76 Å². The quantitative estimate of drug-likeness (QED) is 0.313. The third kappa shape index (κ3) is 5.51. The number of carbonyl (C=O) groups excluding carboxylic acids is 2. The number of nitrogens with zero attached hydrogens (tertiary/aromatic N) is 1. The zero-order chi connectivity index (χ0) is 25.8. The van der Waals surface area contributed by atoms with E-state index in [1.54, 1.807) is 18.2 Å². The number of rotatable bonds is 9. The van der Waals surface area contributed by atoms with E-state index in [1.165, 1.54) is 12.0 Å². The molecule has 0 saturated carbocycles. The summed E-state index contributed by atoms with van der Waals surface area (Å²) in [7, 11) is 1.54. The van der Waals surface area contributed by atoms with Crippen LogP contribution in [-0.2, 0) is 19.7 Å². The topological polar surface area (TPSA) is 85.3 Å². The minimum atomic E-state index is -0.768. The van der Waals surface area contributed by atoms with Gasteiger partial charge < -0.3 is 24.2 Å². The van der Waals surface area contributed by atoms with Crippen molar-refractivity contribution < 1.29 is 28.9 Å². The van der Waals surface area contributed by atoms with Crippen molar-refractivity contribution in [3.63, 3.8) is 0 Å². The summed E-state index contributed by atoms with van der Waals surface area (Å²) in [6.07, 6.45) is 0. The van der Waals surface area contributed by atoms with Crippen LogP contribution in [0.3, 0.4) is 0 Å². The summed E-state index contributed by atoms with van der Waals surface area (Å²) in [6, 6.07) is 11.8. The van der Waals surface area contributed by atoms with E-state index in [9.17, 15) is 14.7 Å². The monoisotopic (exact) mass is 481 g/mol. The number of methoxy groups -OCH3 is 1. The van der Waals surface area contributed by atoms with Crippen molar-refractivity contribution in [1.82, 2.24) is 4.90 Å². The molecule has 1 fully saturated rings. The number of hydrogen-bond donors (Lipinski definition) is 1. The Morgan fingerprint density at radius 3 is 2.37 bits per heavy atom. The molecule has 1 aliphatic rings. The van der Waals surface area contributed by atoms with Gasteiger partial charge in [0.2, 0.25) is 0 Å². The highest BCUT2D eigenvalue weighted by atomic mass is 16.5. The van der Waals surface area contributed by atoms with E-state index in [-0.39, 0.29) is 29.9 Å². The van der Waals surface area contributed by atoms with Gasteiger partial charge in [0.1, 0.15) is 17.3 Å². The van der Waals surface area contributed by atoms with E-state index < -0.39 is 17.7 Å². The van der Waals surface area contributed by atoms with Crippen molar-refractivity contribution in [2.45, 2.75) is 46.1 Å². The Bertz CT molecular complexity index is 1110. The fraction of sp³-hybridized carbons (Fsp3) is 0.429. The lowest BCUT2D eigenvalue weighted by Gasteiger charge is -2.26. The fourth-order valence-corrected chi connectivity index (χ4v) is 4.29. The van der Waals surface area contributed by atoms with Gasteiger partial charge >= 0.3 is 0 Å². The second-order valence-electron chi connectivity index (χ2n) is 9.38. The number of aliphatic hydroxyl groups is 1. The number of ketones is 1. The highest BCUT2D eigenvalue weighted by Gasteiger charge is 2.46. The molecule has 1 aliphatic heterocycles. The van der Waals surface area contributed by atoms with Gasteiger partial charge in [0.25, 0.3) is 11.7 Å². The van der Waals surface area contributed by atoms with Crippen molar-refractivity contribution >= 4 is 17.4 Å². The molecule has 7 nitrogen and oxygen atoms in total. The zero-order valence-electron chi connectivity index (χ0n) is 21.4. The predicted molar refractivity (Wildman–Crippen MR) is 135 cm³/mol. The summed E-state index contributed by atoms with van der Waals surface area (Å²) in [5, 5.41) is 11.4. The maximum Gasteiger partial charge on any atom is 0.295 e. The normalized spacial score (nSPS) is 17.7. The van der Waals surface area contributed by atoms with Gasteiger partial charge in [-0.05, 0) is 55.2 Å². The summed E-state index contributed by atoms with van der Waals surface area (Å²) in [6.45, 7) is 11.4. The molecule has 2 aromatic rings. The molecule has 7 heteroatoms. The van der Waals surface area contributed by atoms with Crippen LogP contribution in [0, 0.1) is 0 Å². The van der Waals surface area contributed by atoms with Crippen LogP contribution >= 0.6 is 0 Å². The van der Waals surface area contributed by atoms with Gasteiger partial charge in [0.15, 0.2) is 0 Å². The van der Waals surface area contributed by atoms with Gasteiger partial charge in [-0.1, -0.05) is 32.9 Å². The summed E-state index contributed by atoms with van der Waals surface area (Å²) < 4.78 is 16.6. The molecule has 1 unspecified atom stereocenters. The molecule has 0 aromatic heterocycles. The molecule has 1 N–H and O–H groups in total. The van der Waals surface area contributed by atoms with Crippen molar-refractivity contribution in [2.24, 2.45) is 0 Å². The smallest absolute Gasteiger partial charge is 0.295 e. The molecule has 188 valence electrons. The van der Waals surface area contributed by atoms with E-state index in [4.69, 9.17) is 14.2 Å². The molecule has 1 heterocycles. The first-order valence-electron chi connectivity index (χ1n) is 11.9. The average molecular weight is 482 g/mol. The summed E-state index contributed by atoms with van der Waals surface area (Å²) >= 11 is 0. The molecule has 0 aliphatic carbocycles. The standard InChI is InChI=1S/C28H35NO6/c1-7-34-20-11-9-10-18(16-20)24-23(26(31)27(32)29(24)14-15-33-6)25(30)19-12-13-22(35-8-2)21(17-19)28(3,4)5/h9-13,16-17,24,30H,7-8,14-15H2,1-6H3/b25-23+. The van der Waals surface area contributed by atoms with E-state index in [1.807, 2.05) is 38.1 Å². The molecule has 1 saturated heterocycles. The fourth-order valence-electron chi connectivity index (χ4n) is 4.29. The maximum absolute atomic E-state index is 13.2. The highest BCUT2D eigenvalue weighted by Crippen LogP contribution is 2.41. The van der Waals surface area contributed by atoms with Crippen LogP contribution in [0.4, 0.5) is 0 Å². The predicted octanol–water partition coefficient (Wildman–Crippen LogP) is 4.85. The Kier molecular flexibility index (Phi) is 8.22. The number of aliphatic hydroxyl groups excluding tert-OH is 1. The molecular formula is C28H35NO6. The van der Waals surface area contributed by atoms with E-state index in [0.717, 1.165) is 11.3 Å². The molecule has 1 amide bonds. The van der Waals surface area contributed by atoms with Crippen LogP contribution in [0.1, 0.15) is 57.4 Å². The number of Topliss-reactive ketones (excluding diaryl/α,β-unsaturated/α-hetero) is 1. The lowest BCUT2D eigenvalue weighted by Crippen LogP contribution is -2.32. The number of hydrogen-bond acceptors (Lipinski definition) is 6. The molecule has 35 heavy (non-hydrogen) atoms. The minimum absolute atomic E-state index is 0.0452. The Morgan fingerprint density at radius 2 is 1.74 bits per heavy atom. The Morgan fingerprint density at radius 1 is 1.03 bits per heavy atom. The van der Waals surface area contributed by atoms with Crippen LogP contribution in [-0.4, -0.2) is 55.2 Å². The summed E-state index contributed by atoms with van der Waals surface area (Å²) in [5.74, 6) is -0.269. The van der Waals surface area contributed by atoms with Crippen LogP contribution in [0.15, 0.2) is 48.0 Å². The Balaban J connectivity index is 2.20. The van der Waals surface area contributed by atoms with E-state index in [0.29, 0.717) is 30.1 Å².